The molecule has 118 valence electrons. The molecule has 0 unspecified atom stereocenters. The normalized spacial score (nSPS) is 15.5. The third-order valence-corrected chi connectivity index (χ3v) is 3.56. The summed E-state index contributed by atoms with van der Waals surface area (Å²) >= 11 is 0. The average molecular weight is 311 g/mol. The number of primary amides is 1. The molecule has 0 aliphatic carbocycles. The van der Waals surface area contributed by atoms with Crippen LogP contribution in [0.1, 0.15) is 12.8 Å². The first-order valence-corrected chi connectivity index (χ1v) is 6.73. The molecule has 3 amide bonds. The van der Waals surface area contributed by atoms with Gasteiger partial charge >= 0.3 is 11.8 Å². The molecule has 1 fully saturated rings. The fraction of sp³-hybridized carbons (Fsp3) is 0.357. The van der Waals surface area contributed by atoms with Gasteiger partial charge in [0.1, 0.15) is 11.6 Å². The van der Waals surface area contributed by atoms with Crippen LogP contribution in [-0.4, -0.2) is 35.7 Å². The summed E-state index contributed by atoms with van der Waals surface area (Å²) in [6, 6.07) is 2.62. The number of hydrogen-bond donors (Lipinski definition) is 2. The molecule has 0 radical (unpaired) electrons. The summed E-state index contributed by atoms with van der Waals surface area (Å²) in [5.74, 6) is -4.31. The molecule has 1 aromatic carbocycles. The highest BCUT2D eigenvalue weighted by Crippen LogP contribution is 2.18. The van der Waals surface area contributed by atoms with Crippen LogP contribution < -0.4 is 11.1 Å². The highest BCUT2D eigenvalue weighted by atomic mass is 19.1. The van der Waals surface area contributed by atoms with Crippen LogP contribution in [0.5, 0.6) is 0 Å². The fourth-order valence-electron chi connectivity index (χ4n) is 2.28. The maximum atomic E-state index is 13.4. The minimum atomic E-state index is -1.01. The van der Waals surface area contributed by atoms with Gasteiger partial charge in [-0.15, -0.1) is 0 Å². The first kappa shape index (κ1) is 15.9. The van der Waals surface area contributed by atoms with Crippen molar-refractivity contribution in [2.45, 2.75) is 12.8 Å². The van der Waals surface area contributed by atoms with Gasteiger partial charge in [-0.1, -0.05) is 0 Å². The van der Waals surface area contributed by atoms with E-state index in [0.717, 1.165) is 12.1 Å². The third-order valence-electron chi connectivity index (χ3n) is 3.56. The van der Waals surface area contributed by atoms with Crippen LogP contribution in [0.2, 0.25) is 0 Å². The van der Waals surface area contributed by atoms with Crippen molar-refractivity contribution in [2.24, 2.45) is 11.7 Å². The van der Waals surface area contributed by atoms with Crippen LogP contribution >= 0.6 is 0 Å². The maximum Gasteiger partial charge on any atom is 0.313 e. The lowest BCUT2D eigenvalue weighted by Crippen LogP contribution is -2.46. The summed E-state index contributed by atoms with van der Waals surface area (Å²) in [4.78, 5) is 36.1. The van der Waals surface area contributed by atoms with Crippen molar-refractivity contribution in [3.63, 3.8) is 0 Å². The second kappa shape index (κ2) is 6.50. The third kappa shape index (κ3) is 3.57. The standard InChI is InChI=1S/C14H15F2N3O3/c15-9-1-2-11(10(16)7-9)18-13(21)14(22)19-5-3-8(4-6-19)12(17)20/h1-2,7-8H,3-6H2,(H2,17,20)(H,18,21). The van der Waals surface area contributed by atoms with E-state index in [9.17, 15) is 23.2 Å². The zero-order valence-electron chi connectivity index (χ0n) is 11.6. The number of piperidine rings is 1. The minimum absolute atomic E-state index is 0.228. The molecule has 1 heterocycles. The molecule has 2 rings (SSSR count). The molecule has 1 aliphatic rings. The summed E-state index contributed by atoms with van der Waals surface area (Å²) in [5.41, 5.74) is 4.91. The zero-order valence-corrected chi connectivity index (χ0v) is 11.6. The largest absolute Gasteiger partial charge is 0.369 e. The van der Waals surface area contributed by atoms with Gasteiger partial charge in [0.05, 0.1) is 5.69 Å². The maximum absolute atomic E-state index is 13.4. The van der Waals surface area contributed by atoms with Gasteiger partial charge in [0, 0.05) is 25.1 Å². The lowest BCUT2D eigenvalue weighted by Gasteiger charge is -2.29. The molecular formula is C14H15F2N3O3. The monoisotopic (exact) mass is 311 g/mol. The van der Waals surface area contributed by atoms with E-state index in [4.69, 9.17) is 5.73 Å². The molecule has 8 heteroatoms. The van der Waals surface area contributed by atoms with E-state index >= 15 is 0 Å². The molecule has 6 nitrogen and oxygen atoms in total. The molecule has 3 N–H and O–H groups in total. The summed E-state index contributed by atoms with van der Waals surface area (Å²) < 4.78 is 26.2. The van der Waals surface area contributed by atoms with Crippen LogP contribution in [-0.2, 0) is 14.4 Å². The lowest BCUT2D eigenvalue weighted by atomic mass is 9.96. The summed E-state index contributed by atoms with van der Waals surface area (Å²) in [7, 11) is 0. The van der Waals surface area contributed by atoms with Crippen molar-refractivity contribution in [3.05, 3.63) is 29.8 Å². The number of nitrogens with zero attached hydrogens (tertiary/aromatic N) is 1. The van der Waals surface area contributed by atoms with Crippen LogP contribution in [0.4, 0.5) is 14.5 Å². The topological polar surface area (TPSA) is 92.5 Å². The molecule has 1 aliphatic heterocycles. The quantitative estimate of drug-likeness (QED) is 0.785. The Balaban J connectivity index is 1.95. The van der Waals surface area contributed by atoms with E-state index in [0.29, 0.717) is 18.9 Å². The number of rotatable bonds is 2. The molecule has 22 heavy (non-hydrogen) atoms. The Morgan fingerprint density at radius 1 is 1.18 bits per heavy atom. The molecule has 0 aromatic heterocycles. The molecular weight excluding hydrogens is 296 g/mol. The highest BCUT2D eigenvalue weighted by Gasteiger charge is 2.29. The van der Waals surface area contributed by atoms with E-state index in [1.54, 1.807) is 0 Å². The SMILES string of the molecule is NC(=O)C1CCN(C(=O)C(=O)Nc2ccc(F)cc2F)CC1. The van der Waals surface area contributed by atoms with E-state index in [2.05, 4.69) is 5.32 Å². The molecule has 1 aromatic rings. The number of carbonyl (C=O) groups excluding carboxylic acids is 3. The Bertz CT molecular complexity index is 613. The molecule has 0 saturated carbocycles. The predicted octanol–water partition coefficient (Wildman–Crippen LogP) is 0.627. The molecule has 0 spiro atoms. The Labute approximate surface area is 125 Å². The van der Waals surface area contributed by atoms with Crippen LogP contribution in [0.25, 0.3) is 0 Å². The van der Waals surface area contributed by atoms with E-state index in [-0.39, 0.29) is 24.7 Å². The van der Waals surface area contributed by atoms with Gasteiger partial charge in [0.15, 0.2) is 0 Å². The molecule has 0 atom stereocenters. The number of anilines is 1. The zero-order chi connectivity index (χ0) is 16.3. The van der Waals surface area contributed by atoms with Gasteiger partial charge in [-0.05, 0) is 25.0 Å². The number of benzene rings is 1. The van der Waals surface area contributed by atoms with Crippen molar-refractivity contribution in [1.82, 2.24) is 4.90 Å². The molecule has 0 bridgehead atoms. The summed E-state index contributed by atoms with van der Waals surface area (Å²) in [6.45, 7) is 0.456. The second-order valence-electron chi connectivity index (χ2n) is 5.05. The van der Waals surface area contributed by atoms with Crippen LogP contribution in [0, 0.1) is 17.6 Å². The van der Waals surface area contributed by atoms with Crippen molar-refractivity contribution in [1.29, 1.82) is 0 Å². The van der Waals surface area contributed by atoms with E-state index < -0.39 is 29.4 Å². The Kier molecular flexibility index (Phi) is 4.69. The highest BCUT2D eigenvalue weighted by molar-refractivity contribution is 6.39. The van der Waals surface area contributed by atoms with Crippen molar-refractivity contribution in [3.8, 4) is 0 Å². The van der Waals surface area contributed by atoms with Gasteiger partial charge in [0.2, 0.25) is 5.91 Å². The van der Waals surface area contributed by atoms with Crippen molar-refractivity contribution < 1.29 is 23.2 Å². The average Bonchev–Trinajstić information content (AvgIpc) is 2.49. The van der Waals surface area contributed by atoms with E-state index in [1.807, 2.05) is 0 Å². The van der Waals surface area contributed by atoms with Gasteiger partial charge in [-0.3, -0.25) is 14.4 Å². The minimum Gasteiger partial charge on any atom is -0.369 e. The van der Waals surface area contributed by atoms with Gasteiger partial charge < -0.3 is 16.0 Å². The second-order valence-corrected chi connectivity index (χ2v) is 5.05. The van der Waals surface area contributed by atoms with Crippen molar-refractivity contribution in [2.75, 3.05) is 18.4 Å². The number of nitrogens with two attached hydrogens (primary N) is 1. The predicted molar refractivity (Wildman–Crippen MR) is 73.5 cm³/mol. The van der Waals surface area contributed by atoms with Gasteiger partial charge in [0.25, 0.3) is 0 Å². The first-order chi connectivity index (χ1) is 10.4. The number of hydrogen-bond acceptors (Lipinski definition) is 3. The van der Waals surface area contributed by atoms with Crippen LogP contribution in [0.3, 0.4) is 0 Å². The van der Waals surface area contributed by atoms with E-state index in [1.165, 1.54) is 4.90 Å². The number of amides is 3. The van der Waals surface area contributed by atoms with Crippen LogP contribution in [0.15, 0.2) is 18.2 Å². The molecule has 1 saturated heterocycles. The smallest absolute Gasteiger partial charge is 0.313 e. The number of likely N-dealkylation sites (tertiary alicyclic amines) is 1. The lowest BCUT2D eigenvalue weighted by molar-refractivity contribution is -0.144. The fourth-order valence-corrected chi connectivity index (χ4v) is 2.28. The number of carbonyl (C=O) groups is 3. The Morgan fingerprint density at radius 2 is 1.82 bits per heavy atom. The van der Waals surface area contributed by atoms with Gasteiger partial charge in [-0.25, -0.2) is 8.78 Å². The van der Waals surface area contributed by atoms with Gasteiger partial charge in [-0.2, -0.15) is 0 Å². The summed E-state index contributed by atoms with van der Waals surface area (Å²) in [6.07, 6.45) is 0.776. The number of nitrogens with one attached hydrogen (secondary N) is 1. The van der Waals surface area contributed by atoms with Crippen molar-refractivity contribution >= 4 is 23.4 Å². The Hall–Kier alpha value is -2.51. The first-order valence-electron chi connectivity index (χ1n) is 6.73. The Morgan fingerprint density at radius 3 is 2.36 bits per heavy atom. The number of halogens is 2. The summed E-state index contributed by atoms with van der Waals surface area (Å²) in [5, 5.41) is 2.11.